The standard InChI is InChI=1S/C9H8N2O3/c1-6(4-10)14-7-2-3-8(9(12)13)11-5-7/h2-3,5-6H,1H3,(H,12,13). The van der Waals surface area contributed by atoms with Crippen molar-refractivity contribution >= 4 is 5.97 Å². The number of carbonyl (C=O) groups is 1. The lowest BCUT2D eigenvalue weighted by Gasteiger charge is -2.06. The Morgan fingerprint density at radius 1 is 1.71 bits per heavy atom. The first-order valence-electron chi connectivity index (χ1n) is 3.89. The Hall–Kier alpha value is -2.09. The number of aromatic carboxylic acids is 1. The number of pyridine rings is 1. The van der Waals surface area contributed by atoms with E-state index in [0.29, 0.717) is 5.75 Å². The third-order valence-corrected chi connectivity index (χ3v) is 1.45. The van der Waals surface area contributed by atoms with Crippen LogP contribution in [0.4, 0.5) is 0 Å². The molecule has 0 spiro atoms. The summed E-state index contributed by atoms with van der Waals surface area (Å²) in [7, 11) is 0. The molecule has 0 bridgehead atoms. The average molecular weight is 192 g/mol. The van der Waals surface area contributed by atoms with Crippen molar-refractivity contribution in [2.75, 3.05) is 0 Å². The van der Waals surface area contributed by atoms with Crippen LogP contribution >= 0.6 is 0 Å². The van der Waals surface area contributed by atoms with Crippen LogP contribution in [0.2, 0.25) is 0 Å². The summed E-state index contributed by atoms with van der Waals surface area (Å²) in [6.07, 6.45) is 0.699. The van der Waals surface area contributed by atoms with Gasteiger partial charge in [0, 0.05) is 0 Å². The summed E-state index contributed by atoms with van der Waals surface area (Å²) in [5.74, 6) is -0.714. The van der Waals surface area contributed by atoms with Crippen molar-refractivity contribution in [2.45, 2.75) is 13.0 Å². The van der Waals surface area contributed by atoms with Crippen molar-refractivity contribution in [1.82, 2.24) is 4.98 Å². The summed E-state index contributed by atoms with van der Waals surface area (Å²) in [6, 6.07) is 4.67. The van der Waals surface area contributed by atoms with Crippen LogP contribution in [0.1, 0.15) is 17.4 Å². The summed E-state index contributed by atoms with van der Waals surface area (Å²) in [5, 5.41) is 17.0. The molecule has 0 saturated heterocycles. The highest BCUT2D eigenvalue weighted by Gasteiger charge is 2.05. The number of nitriles is 1. The van der Waals surface area contributed by atoms with Crippen molar-refractivity contribution in [3.8, 4) is 11.8 Å². The lowest BCUT2D eigenvalue weighted by atomic mass is 10.3. The second-order valence-electron chi connectivity index (χ2n) is 2.57. The van der Waals surface area contributed by atoms with E-state index in [4.69, 9.17) is 15.1 Å². The highest BCUT2D eigenvalue weighted by molar-refractivity contribution is 5.85. The predicted molar refractivity (Wildman–Crippen MR) is 46.9 cm³/mol. The molecule has 0 aromatic carbocycles. The van der Waals surface area contributed by atoms with Crippen molar-refractivity contribution in [1.29, 1.82) is 5.26 Å². The number of ether oxygens (including phenoxy) is 1. The summed E-state index contributed by atoms with van der Waals surface area (Å²) in [5.41, 5.74) is -0.0537. The van der Waals surface area contributed by atoms with E-state index in [-0.39, 0.29) is 5.69 Å². The van der Waals surface area contributed by atoms with Gasteiger partial charge >= 0.3 is 5.97 Å². The average Bonchev–Trinajstić information content (AvgIpc) is 2.18. The molecule has 5 nitrogen and oxygen atoms in total. The molecule has 1 unspecified atom stereocenters. The molecule has 1 aromatic heterocycles. The molecule has 1 atom stereocenters. The zero-order valence-electron chi connectivity index (χ0n) is 7.47. The van der Waals surface area contributed by atoms with Crippen molar-refractivity contribution in [3.63, 3.8) is 0 Å². The number of carboxylic acids is 1. The molecule has 0 saturated carbocycles. The predicted octanol–water partition coefficient (Wildman–Crippen LogP) is 1.07. The van der Waals surface area contributed by atoms with Gasteiger partial charge in [-0.1, -0.05) is 0 Å². The fourth-order valence-electron chi connectivity index (χ4n) is 0.807. The first kappa shape index (κ1) is 9.99. The molecule has 0 aliphatic heterocycles. The summed E-state index contributed by atoms with van der Waals surface area (Å²) < 4.78 is 5.08. The molecular weight excluding hydrogens is 184 g/mol. The van der Waals surface area contributed by atoms with E-state index in [2.05, 4.69) is 4.98 Å². The Morgan fingerprint density at radius 3 is 2.86 bits per heavy atom. The van der Waals surface area contributed by atoms with Crippen LogP contribution in [-0.4, -0.2) is 22.2 Å². The van der Waals surface area contributed by atoms with E-state index in [1.54, 1.807) is 6.92 Å². The Morgan fingerprint density at radius 2 is 2.43 bits per heavy atom. The van der Waals surface area contributed by atoms with E-state index < -0.39 is 12.1 Å². The summed E-state index contributed by atoms with van der Waals surface area (Å²) in [4.78, 5) is 14.1. The molecule has 1 N–H and O–H groups in total. The van der Waals surface area contributed by atoms with E-state index in [0.717, 1.165) is 0 Å². The second-order valence-corrected chi connectivity index (χ2v) is 2.57. The smallest absolute Gasteiger partial charge is 0.354 e. The van der Waals surface area contributed by atoms with Crippen LogP contribution in [0.15, 0.2) is 18.3 Å². The normalized spacial score (nSPS) is 11.4. The first-order valence-corrected chi connectivity index (χ1v) is 3.89. The van der Waals surface area contributed by atoms with Crippen LogP contribution in [0, 0.1) is 11.3 Å². The molecule has 0 amide bonds. The molecule has 0 aliphatic carbocycles. The third kappa shape index (κ3) is 2.45. The van der Waals surface area contributed by atoms with Crippen LogP contribution in [-0.2, 0) is 0 Å². The minimum Gasteiger partial charge on any atom is -0.477 e. The molecule has 72 valence electrons. The zero-order chi connectivity index (χ0) is 10.6. The Balaban J connectivity index is 2.75. The highest BCUT2D eigenvalue weighted by Crippen LogP contribution is 2.10. The van der Waals surface area contributed by atoms with E-state index >= 15 is 0 Å². The lowest BCUT2D eigenvalue weighted by Crippen LogP contribution is -2.09. The molecular formula is C9H8N2O3. The Bertz CT molecular complexity index is 367. The maximum Gasteiger partial charge on any atom is 0.354 e. The van der Waals surface area contributed by atoms with Gasteiger partial charge in [-0.05, 0) is 19.1 Å². The van der Waals surface area contributed by atoms with Crippen LogP contribution in [0.25, 0.3) is 0 Å². The van der Waals surface area contributed by atoms with Gasteiger partial charge in [0.15, 0.2) is 6.10 Å². The molecule has 1 heterocycles. The van der Waals surface area contributed by atoms with Crippen LogP contribution in [0.5, 0.6) is 5.75 Å². The van der Waals surface area contributed by atoms with Gasteiger partial charge in [-0.2, -0.15) is 5.26 Å². The van der Waals surface area contributed by atoms with Gasteiger partial charge < -0.3 is 9.84 Å². The maximum absolute atomic E-state index is 10.4. The van der Waals surface area contributed by atoms with E-state index in [1.165, 1.54) is 18.3 Å². The topological polar surface area (TPSA) is 83.2 Å². The van der Waals surface area contributed by atoms with Gasteiger partial charge in [-0.3, -0.25) is 0 Å². The zero-order valence-corrected chi connectivity index (χ0v) is 7.47. The fraction of sp³-hybridized carbons (Fsp3) is 0.222. The molecule has 1 rings (SSSR count). The van der Waals surface area contributed by atoms with Crippen LogP contribution < -0.4 is 4.74 Å². The van der Waals surface area contributed by atoms with Crippen LogP contribution in [0.3, 0.4) is 0 Å². The number of hydrogen-bond donors (Lipinski definition) is 1. The lowest BCUT2D eigenvalue weighted by molar-refractivity contribution is 0.0690. The van der Waals surface area contributed by atoms with Gasteiger partial charge in [0.05, 0.1) is 6.20 Å². The SMILES string of the molecule is CC(C#N)Oc1ccc(C(=O)O)nc1. The fourth-order valence-corrected chi connectivity index (χ4v) is 0.807. The van der Waals surface area contributed by atoms with Gasteiger partial charge in [0.2, 0.25) is 0 Å². The minimum atomic E-state index is -1.09. The second kappa shape index (κ2) is 4.23. The Labute approximate surface area is 80.6 Å². The van der Waals surface area contributed by atoms with Gasteiger partial charge in [-0.25, -0.2) is 9.78 Å². The Kier molecular flexibility index (Phi) is 3.02. The van der Waals surface area contributed by atoms with Crippen molar-refractivity contribution in [2.24, 2.45) is 0 Å². The molecule has 5 heteroatoms. The molecule has 0 fully saturated rings. The number of aromatic nitrogens is 1. The minimum absolute atomic E-state index is 0.0537. The molecule has 14 heavy (non-hydrogen) atoms. The maximum atomic E-state index is 10.4. The van der Waals surface area contributed by atoms with Crippen molar-refractivity contribution < 1.29 is 14.6 Å². The largest absolute Gasteiger partial charge is 0.477 e. The van der Waals surface area contributed by atoms with Gasteiger partial charge in [0.1, 0.15) is 17.5 Å². The highest BCUT2D eigenvalue weighted by atomic mass is 16.5. The quantitative estimate of drug-likeness (QED) is 0.774. The number of hydrogen-bond acceptors (Lipinski definition) is 4. The van der Waals surface area contributed by atoms with Gasteiger partial charge in [-0.15, -0.1) is 0 Å². The molecule has 0 radical (unpaired) electrons. The number of carboxylic acid groups (broad SMARTS) is 1. The monoisotopic (exact) mass is 192 g/mol. The molecule has 1 aromatic rings. The molecule has 0 aliphatic rings. The third-order valence-electron chi connectivity index (χ3n) is 1.45. The van der Waals surface area contributed by atoms with Crippen molar-refractivity contribution in [3.05, 3.63) is 24.0 Å². The number of nitrogens with zero attached hydrogens (tertiary/aromatic N) is 2. The first-order chi connectivity index (χ1) is 6.63. The van der Waals surface area contributed by atoms with Gasteiger partial charge in [0.25, 0.3) is 0 Å². The summed E-state index contributed by atoms with van der Waals surface area (Å²) >= 11 is 0. The number of rotatable bonds is 3. The van der Waals surface area contributed by atoms with E-state index in [1.807, 2.05) is 6.07 Å². The summed E-state index contributed by atoms with van der Waals surface area (Å²) in [6.45, 7) is 1.59. The van der Waals surface area contributed by atoms with E-state index in [9.17, 15) is 4.79 Å².